The second kappa shape index (κ2) is 4.62. The molecular weight excluding hydrogens is 290 g/mol. The Morgan fingerprint density at radius 3 is 2.29 bits per heavy atom. The molecule has 0 amide bonds. The van der Waals surface area contributed by atoms with Gasteiger partial charge in [0.1, 0.15) is 11.6 Å². The predicted octanol–water partition coefficient (Wildman–Crippen LogP) is 1.38. The summed E-state index contributed by atoms with van der Waals surface area (Å²) in [6.07, 6.45) is 2.77. The number of fused-ring (bicyclic) bond motifs is 2. The number of carbonyl (C=O) groups is 2. The molecule has 1 saturated heterocycles. The molecule has 5 nitrogen and oxygen atoms in total. The molecule has 0 aromatic rings. The van der Waals surface area contributed by atoms with Crippen molar-refractivity contribution in [1.82, 2.24) is 4.31 Å². The van der Waals surface area contributed by atoms with Crippen molar-refractivity contribution in [3.63, 3.8) is 0 Å². The van der Waals surface area contributed by atoms with Gasteiger partial charge in [-0.1, -0.05) is 13.8 Å². The molecule has 118 valence electrons. The minimum absolute atomic E-state index is 0.0729. The van der Waals surface area contributed by atoms with Crippen LogP contribution in [0.3, 0.4) is 0 Å². The van der Waals surface area contributed by atoms with Crippen LogP contribution in [0.15, 0.2) is 0 Å². The predicted molar refractivity (Wildman–Crippen MR) is 78.2 cm³/mol. The summed E-state index contributed by atoms with van der Waals surface area (Å²) in [6, 6.07) is 0. The highest BCUT2D eigenvalue weighted by Crippen LogP contribution is 2.64. The third kappa shape index (κ3) is 2.10. The number of sulfonamides is 1. The minimum Gasteiger partial charge on any atom is -0.300 e. The molecule has 1 aliphatic heterocycles. The highest BCUT2D eigenvalue weighted by atomic mass is 32.2. The van der Waals surface area contributed by atoms with Gasteiger partial charge < -0.3 is 0 Å². The zero-order chi connectivity index (χ0) is 15.5. The van der Waals surface area contributed by atoms with Crippen LogP contribution in [0.5, 0.6) is 0 Å². The van der Waals surface area contributed by atoms with E-state index < -0.39 is 15.4 Å². The fourth-order valence-corrected chi connectivity index (χ4v) is 6.75. The van der Waals surface area contributed by atoms with Gasteiger partial charge in [0, 0.05) is 37.8 Å². The highest BCUT2D eigenvalue weighted by molar-refractivity contribution is 7.89. The zero-order valence-corrected chi connectivity index (χ0v) is 13.5. The summed E-state index contributed by atoms with van der Waals surface area (Å²) in [5.74, 6) is 0.498. The molecule has 1 unspecified atom stereocenters. The van der Waals surface area contributed by atoms with E-state index in [0.29, 0.717) is 31.6 Å². The lowest BCUT2D eigenvalue weighted by atomic mass is 9.70. The van der Waals surface area contributed by atoms with Gasteiger partial charge in [-0.2, -0.15) is 0 Å². The van der Waals surface area contributed by atoms with Gasteiger partial charge in [0.2, 0.25) is 10.0 Å². The van der Waals surface area contributed by atoms with Crippen LogP contribution < -0.4 is 0 Å². The molecule has 6 heteroatoms. The Balaban J connectivity index is 1.85. The normalized spacial score (nSPS) is 36.4. The molecule has 3 rings (SSSR count). The van der Waals surface area contributed by atoms with Crippen molar-refractivity contribution in [3.05, 3.63) is 0 Å². The van der Waals surface area contributed by atoms with Crippen molar-refractivity contribution in [2.75, 3.05) is 18.8 Å². The molecule has 0 aromatic carbocycles. The Labute approximate surface area is 126 Å². The van der Waals surface area contributed by atoms with Crippen LogP contribution in [0, 0.1) is 16.7 Å². The summed E-state index contributed by atoms with van der Waals surface area (Å²) in [4.78, 5) is 23.7. The molecule has 3 aliphatic rings. The maximum absolute atomic E-state index is 12.7. The zero-order valence-electron chi connectivity index (χ0n) is 12.7. The van der Waals surface area contributed by atoms with Crippen molar-refractivity contribution < 1.29 is 18.0 Å². The maximum atomic E-state index is 12.7. The van der Waals surface area contributed by atoms with E-state index in [1.807, 2.05) is 13.8 Å². The van der Waals surface area contributed by atoms with Crippen LogP contribution in [0.4, 0.5) is 0 Å². The molecule has 2 aliphatic carbocycles. The van der Waals surface area contributed by atoms with E-state index in [1.54, 1.807) is 0 Å². The van der Waals surface area contributed by atoms with Crippen LogP contribution in [0.2, 0.25) is 0 Å². The average Bonchev–Trinajstić information content (AvgIpc) is 2.72. The van der Waals surface area contributed by atoms with Gasteiger partial charge in [0.25, 0.3) is 0 Å². The number of ketones is 2. The first kappa shape index (κ1) is 15.2. The molecule has 0 spiro atoms. The number of Topliss-reactive ketones (excluding diaryl/α,β-unsaturated/α-hetero) is 2. The van der Waals surface area contributed by atoms with E-state index in [4.69, 9.17) is 0 Å². The number of piperidine rings is 1. The van der Waals surface area contributed by atoms with Gasteiger partial charge in [-0.05, 0) is 24.2 Å². The van der Waals surface area contributed by atoms with E-state index in [1.165, 1.54) is 4.31 Å². The third-order valence-corrected chi connectivity index (χ3v) is 8.25. The lowest BCUT2D eigenvalue weighted by molar-refractivity contribution is -0.128. The summed E-state index contributed by atoms with van der Waals surface area (Å²) in [5.41, 5.74) is -0.944. The Morgan fingerprint density at radius 1 is 1.19 bits per heavy atom. The lowest BCUT2D eigenvalue weighted by Gasteiger charge is -2.38. The minimum atomic E-state index is -3.48. The highest BCUT2D eigenvalue weighted by Gasteiger charge is 2.65. The second-order valence-electron chi connectivity index (χ2n) is 7.36. The molecule has 3 fully saturated rings. The lowest BCUT2D eigenvalue weighted by Crippen LogP contribution is -2.48. The van der Waals surface area contributed by atoms with E-state index in [0.717, 1.165) is 6.42 Å². The Morgan fingerprint density at radius 2 is 1.81 bits per heavy atom. The van der Waals surface area contributed by atoms with E-state index in [9.17, 15) is 18.0 Å². The smallest absolute Gasteiger partial charge is 0.215 e. The van der Waals surface area contributed by atoms with Crippen LogP contribution in [-0.4, -0.2) is 43.1 Å². The summed E-state index contributed by atoms with van der Waals surface area (Å²) in [7, 11) is -3.48. The fourth-order valence-electron chi connectivity index (χ4n) is 4.52. The number of nitrogens with zero attached hydrogens (tertiary/aromatic N) is 1. The standard InChI is InChI=1S/C15H23NO4S/c1-14(2)11-3-6-15(14,13(18)9-11)10-21(19,20)16-7-4-12(17)5-8-16/h11H,3-10H2,1-2H3/t11?,15-/m1/s1. The van der Waals surface area contributed by atoms with Crippen molar-refractivity contribution in [3.8, 4) is 0 Å². The molecule has 0 radical (unpaired) electrons. The molecular formula is C15H23NO4S. The maximum Gasteiger partial charge on any atom is 0.215 e. The summed E-state index contributed by atoms with van der Waals surface area (Å²) >= 11 is 0. The van der Waals surface area contributed by atoms with Crippen LogP contribution in [-0.2, 0) is 19.6 Å². The average molecular weight is 313 g/mol. The monoisotopic (exact) mass is 313 g/mol. The van der Waals surface area contributed by atoms with Crippen molar-refractivity contribution >= 4 is 21.6 Å². The van der Waals surface area contributed by atoms with Crippen LogP contribution >= 0.6 is 0 Å². The molecule has 2 bridgehead atoms. The van der Waals surface area contributed by atoms with E-state index in [-0.39, 0.29) is 35.8 Å². The number of hydrogen-bond acceptors (Lipinski definition) is 4. The summed E-state index contributed by atoms with van der Waals surface area (Å²) < 4.78 is 26.9. The Hall–Kier alpha value is -0.750. The van der Waals surface area contributed by atoms with Gasteiger partial charge in [0.15, 0.2) is 0 Å². The summed E-state index contributed by atoms with van der Waals surface area (Å²) in [6.45, 7) is 4.64. The number of hydrogen-bond donors (Lipinski definition) is 0. The first-order valence-electron chi connectivity index (χ1n) is 7.72. The van der Waals surface area contributed by atoms with Gasteiger partial charge in [-0.15, -0.1) is 0 Å². The van der Waals surface area contributed by atoms with Gasteiger partial charge >= 0.3 is 0 Å². The molecule has 0 N–H and O–H groups in total. The molecule has 2 saturated carbocycles. The SMILES string of the molecule is CC1(C)C2CC[C@@]1(CS(=O)(=O)N1CCC(=O)CC1)C(=O)C2. The van der Waals surface area contributed by atoms with Gasteiger partial charge in [0.05, 0.1) is 5.75 Å². The Bertz CT molecular complexity index is 585. The second-order valence-corrected chi connectivity index (χ2v) is 9.33. The van der Waals surface area contributed by atoms with Gasteiger partial charge in [-0.25, -0.2) is 12.7 Å². The summed E-state index contributed by atoms with van der Waals surface area (Å²) in [5, 5.41) is 0. The fraction of sp³-hybridized carbons (Fsp3) is 0.867. The first-order valence-corrected chi connectivity index (χ1v) is 9.33. The van der Waals surface area contributed by atoms with Crippen molar-refractivity contribution in [2.45, 2.75) is 46.0 Å². The van der Waals surface area contributed by atoms with Crippen molar-refractivity contribution in [2.24, 2.45) is 16.7 Å². The van der Waals surface area contributed by atoms with E-state index in [2.05, 4.69) is 0 Å². The Kier molecular flexibility index (Phi) is 3.34. The number of carbonyl (C=O) groups excluding carboxylic acids is 2. The third-order valence-electron chi connectivity index (χ3n) is 6.24. The van der Waals surface area contributed by atoms with Crippen LogP contribution in [0.1, 0.15) is 46.0 Å². The van der Waals surface area contributed by atoms with Crippen LogP contribution in [0.25, 0.3) is 0 Å². The van der Waals surface area contributed by atoms with E-state index >= 15 is 0 Å². The molecule has 0 aromatic heterocycles. The quantitative estimate of drug-likeness (QED) is 0.789. The largest absolute Gasteiger partial charge is 0.300 e. The topological polar surface area (TPSA) is 71.5 Å². The van der Waals surface area contributed by atoms with Crippen molar-refractivity contribution in [1.29, 1.82) is 0 Å². The number of rotatable bonds is 3. The molecule has 1 heterocycles. The molecule has 2 atom stereocenters. The van der Waals surface area contributed by atoms with Gasteiger partial charge in [-0.3, -0.25) is 9.59 Å². The first-order chi connectivity index (χ1) is 9.69. The molecule has 21 heavy (non-hydrogen) atoms.